The van der Waals surface area contributed by atoms with Crippen molar-refractivity contribution in [3.8, 4) is 40.1 Å². The first kappa shape index (κ1) is 15.5. The molecule has 0 amide bonds. The van der Waals surface area contributed by atoms with Gasteiger partial charge in [0, 0.05) is 23.8 Å². The van der Waals surface area contributed by atoms with Crippen LogP contribution in [0, 0.1) is 0 Å². The van der Waals surface area contributed by atoms with Gasteiger partial charge < -0.3 is 29.2 Å². The Kier molecular flexibility index (Phi) is 3.69. The highest BCUT2D eigenvalue weighted by atomic mass is 16.5. The zero-order valence-electron chi connectivity index (χ0n) is 12.9. The smallest absolute Gasteiger partial charge is 0.238 e. The molecular formula is C17H14O7. The van der Waals surface area contributed by atoms with Crippen molar-refractivity contribution in [2.75, 3.05) is 14.2 Å². The van der Waals surface area contributed by atoms with E-state index in [4.69, 9.17) is 13.9 Å². The Labute approximate surface area is 135 Å². The quantitative estimate of drug-likeness (QED) is 0.677. The third kappa shape index (κ3) is 2.45. The Bertz CT molecular complexity index is 966. The Balaban J connectivity index is 2.35. The lowest BCUT2D eigenvalue weighted by Gasteiger charge is -2.10. The van der Waals surface area contributed by atoms with Crippen molar-refractivity contribution < 1.29 is 29.2 Å². The molecule has 24 heavy (non-hydrogen) atoms. The van der Waals surface area contributed by atoms with E-state index in [0.29, 0.717) is 17.1 Å². The molecule has 1 heterocycles. The van der Waals surface area contributed by atoms with Gasteiger partial charge in [-0.3, -0.25) is 4.79 Å². The number of methoxy groups -OCH3 is 2. The van der Waals surface area contributed by atoms with Crippen LogP contribution >= 0.6 is 0 Å². The molecule has 3 N–H and O–H groups in total. The summed E-state index contributed by atoms with van der Waals surface area (Å²) in [6, 6.07) is 6.89. The second-order valence-electron chi connectivity index (χ2n) is 5.05. The van der Waals surface area contributed by atoms with Gasteiger partial charge in [-0.1, -0.05) is 0 Å². The summed E-state index contributed by atoms with van der Waals surface area (Å²) in [4.78, 5) is 12.3. The van der Waals surface area contributed by atoms with Gasteiger partial charge in [-0.2, -0.15) is 0 Å². The van der Waals surface area contributed by atoms with Gasteiger partial charge in [0.1, 0.15) is 34.0 Å². The first-order valence-corrected chi connectivity index (χ1v) is 6.89. The zero-order chi connectivity index (χ0) is 17.4. The van der Waals surface area contributed by atoms with Crippen LogP contribution in [0.5, 0.6) is 28.7 Å². The van der Waals surface area contributed by atoms with Crippen LogP contribution in [0.4, 0.5) is 0 Å². The lowest BCUT2D eigenvalue weighted by molar-refractivity contribution is 0.394. The normalized spacial score (nSPS) is 10.8. The van der Waals surface area contributed by atoms with Crippen LogP contribution < -0.4 is 14.9 Å². The van der Waals surface area contributed by atoms with Gasteiger partial charge >= 0.3 is 0 Å². The molecular weight excluding hydrogens is 316 g/mol. The predicted octanol–water partition coefficient (Wildman–Crippen LogP) is 2.59. The Morgan fingerprint density at radius 3 is 2.12 bits per heavy atom. The number of hydrogen-bond acceptors (Lipinski definition) is 7. The lowest BCUT2D eigenvalue weighted by Crippen LogP contribution is -2.03. The van der Waals surface area contributed by atoms with E-state index in [-0.39, 0.29) is 22.5 Å². The highest BCUT2D eigenvalue weighted by Gasteiger charge is 2.19. The fraction of sp³-hybridized carbons (Fsp3) is 0.118. The molecule has 3 aromatic rings. The molecule has 0 unspecified atom stereocenters. The monoisotopic (exact) mass is 330 g/mol. The first-order chi connectivity index (χ1) is 11.4. The average molecular weight is 330 g/mol. The number of phenolic OH excluding ortho intramolecular Hbond substituents is 2. The second-order valence-corrected chi connectivity index (χ2v) is 5.05. The molecule has 0 spiro atoms. The molecule has 2 aromatic carbocycles. The Morgan fingerprint density at radius 2 is 1.54 bits per heavy atom. The third-order valence-corrected chi connectivity index (χ3v) is 3.55. The van der Waals surface area contributed by atoms with Crippen LogP contribution in [0.2, 0.25) is 0 Å². The van der Waals surface area contributed by atoms with E-state index in [1.165, 1.54) is 20.3 Å². The number of fused-ring (bicyclic) bond motifs is 1. The van der Waals surface area contributed by atoms with Gasteiger partial charge in [-0.05, 0) is 12.1 Å². The zero-order valence-corrected chi connectivity index (χ0v) is 12.9. The second kappa shape index (κ2) is 5.69. The summed E-state index contributed by atoms with van der Waals surface area (Å²) in [5.74, 6) is -0.684. The SMILES string of the molecule is COc1cc(OC)cc(-c2oc3cc(O)cc(O)c3c(=O)c2O)c1. The third-order valence-electron chi connectivity index (χ3n) is 3.55. The largest absolute Gasteiger partial charge is 0.508 e. The molecule has 7 heteroatoms. The topological polar surface area (TPSA) is 109 Å². The summed E-state index contributed by atoms with van der Waals surface area (Å²) >= 11 is 0. The van der Waals surface area contributed by atoms with Gasteiger partial charge in [0.05, 0.1) is 14.2 Å². The van der Waals surface area contributed by atoms with E-state index < -0.39 is 16.9 Å². The molecule has 0 aliphatic rings. The van der Waals surface area contributed by atoms with Crippen molar-refractivity contribution in [1.29, 1.82) is 0 Å². The van der Waals surface area contributed by atoms with E-state index in [1.807, 2.05) is 0 Å². The lowest BCUT2D eigenvalue weighted by atomic mass is 10.1. The number of hydrogen-bond donors (Lipinski definition) is 3. The van der Waals surface area contributed by atoms with Crippen molar-refractivity contribution in [3.63, 3.8) is 0 Å². The van der Waals surface area contributed by atoms with Crippen molar-refractivity contribution >= 4 is 11.0 Å². The maximum Gasteiger partial charge on any atom is 0.238 e. The van der Waals surface area contributed by atoms with Gasteiger partial charge in [0.2, 0.25) is 11.2 Å². The molecule has 0 bridgehead atoms. The molecule has 0 aliphatic heterocycles. The van der Waals surface area contributed by atoms with Crippen LogP contribution in [0.25, 0.3) is 22.3 Å². The van der Waals surface area contributed by atoms with E-state index in [2.05, 4.69) is 0 Å². The number of rotatable bonds is 3. The molecule has 1 aromatic heterocycles. The molecule has 0 saturated heterocycles. The standard InChI is InChI=1S/C17H14O7/c1-22-10-3-8(4-11(7-10)23-2)17-16(21)15(20)14-12(19)5-9(18)6-13(14)24-17/h3-7,18-19,21H,1-2H3. The summed E-state index contributed by atoms with van der Waals surface area (Å²) in [7, 11) is 2.93. The van der Waals surface area contributed by atoms with E-state index >= 15 is 0 Å². The number of phenols is 2. The minimum atomic E-state index is -0.814. The molecule has 7 nitrogen and oxygen atoms in total. The van der Waals surface area contributed by atoms with Crippen LogP contribution in [0.15, 0.2) is 39.5 Å². The van der Waals surface area contributed by atoms with E-state index in [0.717, 1.165) is 6.07 Å². The first-order valence-electron chi connectivity index (χ1n) is 6.89. The van der Waals surface area contributed by atoms with Gasteiger partial charge in [-0.15, -0.1) is 0 Å². The summed E-state index contributed by atoms with van der Waals surface area (Å²) in [5.41, 5.74) is -0.539. The highest BCUT2D eigenvalue weighted by Crippen LogP contribution is 2.37. The Hall–Kier alpha value is -3.35. The van der Waals surface area contributed by atoms with Crippen molar-refractivity contribution in [3.05, 3.63) is 40.6 Å². The maximum atomic E-state index is 12.3. The number of ether oxygens (including phenoxy) is 2. The minimum Gasteiger partial charge on any atom is -0.508 e. The molecule has 0 aliphatic carbocycles. The molecule has 0 fully saturated rings. The summed E-state index contributed by atoms with van der Waals surface area (Å²) < 4.78 is 15.8. The average Bonchev–Trinajstić information content (AvgIpc) is 2.56. The predicted molar refractivity (Wildman–Crippen MR) is 86.0 cm³/mol. The van der Waals surface area contributed by atoms with Gasteiger partial charge in [-0.25, -0.2) is 0 Å². The maximum absolute atomic E-state index is 12.3. The van der Waals surface area contributed by atoms with Gasteiger partial charge in [0.15, 0.2) is 5.76 Å². The van der Waals surface area contributed by atoms with E-state index in [1.54, 1.807) is 18.2 Å². The number of benzene rings is 2. The van der Waals surface area contributed by atoms with Crippen LogP contribution in [0.1, 0.15) is 0 Å². The molecule has 3 rings (SSSR count). The molecule has 124 valence electrons. The molecule has 0 saturated carbocycles. The summed E-state index contributed by atoms with van der Waals surface area (Å²) in [6.45, 7) is 0. The van der Waals surface area contributed by atoms with Crippen LogP contribution in [-0.4, -0.2) is 29.5 Å². The summed E-state index contributed by atoms with van der Waals surface area (Å²) in [5, 5.41) is 29.4. The van der Waals surface area contributed by atoms with Crippen LogP contribution in [-0.2, 0) is 0 Å². The van der Waals surface area contributed by atoms with Crippen molar-refractivity contribution in [2.45, 2.75) is 0 Å². The van der Waals surface area contributed by atoms with Crippen LogP contribution in [0.3, 0.4) is 0 Å². The van der Waals surface area contributed by atoms with Crippen molar-refractivity contribution in [1.82, 2.24) is 0 Å². The Morgan fingerprint density at radius 1 is 0.917 bits per heavy atom. The minimum absolute atomic E-state index is 0.0629. The van der Waals surface area contributed by atoms with Gasteiger partial charge in [0.25, 0.3) is 0 Å². The van der Waals surface area contributed by atoms with Crippen molar-refractivity contribution in [2.24, 2.45) is 0 Å². The number of aromatic hydroxyl groups is 3. The summed E-state index contributed by atoms with van der Waals surface area (Å²) in [6.07, 6.45) is 0. The fourth-order valence-corrected chi connectivity index (χ4v) is 2.41. The fourth-order valence-electron chi connectivity index (χ4n) is 2.41. The highest BCUT2D eigenvalue weighted by molar-refractivity contribution is 5.88. The van der Waals surface area contributed by atoms with E-state index in [9.17, 15) is 20.1 Å². The molecule has 0 radical (unpaired) electrons. The molecule has 0 atom stereocenters.